The molecule has 9 nitrogen and oxygen atoms in total. The van der Waals surface area contributed by atoms with Crippen molar-refractivity contribution in [3.8, 4) is 5.00 Å². The van der Waals surface area contributed by atoms with Crippen molar-refractivity contribution in [2.75, 3.05) is 5.32 Å². The molecule has 0 atom stereocenters. The van der Waals surface area contributed by atoms with Crippen LogP contribution in [-0.4, -0.2) is 27.5 Å². The third-order valence-electron chi connectivity index (χ3n) is 7.07. The van der Waals surface area contributed by atoms with Gasteiger partial charge in [-0.1, -0.05) is 17.7 Å². The summed E-state index contributed by atoms with van der Waals surface area (Å²) in [5, 5.41) is 18.9. The minimum Gasteiger partial charge on any atom is -0.322 e. The van der Waals surface area contributed by atoms with Crippen LogP contribution in [0.25, 0.3) is 5.00 Å². The molecule has 0 bridgehead atoms. The van der Waals surface area contributed by atoms with Crippen molar-refractivity contribution < 1.29 is 14.5 Å². The highest BCUT2D eigenvalue weighted by Crippen LogP contribution is 2.39. The van der Waals surface area contributed by atoms with Gasteiger partial charge in [0.2, 0.25) is 0 Å². The highest BCUT2D eigenvalue weighted by molar-refractivity contribution is 7.15. The molecule has 0 radical (unpaired) electrons. The molecule has 2 aromatic heterocycles. The summed E-state index contributed by atoms with van der Waals surface area (Å²) in [6.07, 6.45) is 5.59. The molecule has 0 fully saturated rings. The van der Waals surface area contributed by atoms with Crippen LogP contribution in [-0.2, 0) is 12.8 Å². The van der Waals surface area contributed by atoms with Crippen LogP contribution < -0.4 is 10.7 Å². The third-order valence-corrected chi connectivity index (χ3v) is 8.35. The SMILES string of the molecule is Cc1ccc(NC(=O)c2c(-n3c(C)cc(/C=N\NC(=O)c4ccc([N+](=O)[O-])cc4)c3C)sc3c2CCCC3)cc1. The smallest absolute Gasteiger partial charge is 0.271 e. The number of nitro benzene ring substituents is 1. The molecule has 2 aromatic carbocycles. The topological polar surface area (TPSA) is 119 Å². The molecule has 4 aromatic rings. The number of thiophene rings is 1. The Morgan fingerprint density at radius 3 is 2.40 bits per heavy atom. The molecule has 0 unspecified atom stereocenters. The number of benzene rings is 2. The van der Waals surface area contributed by atoms with E-state index < -0.39 is 10.8 Å². The summed E-state index contributed by atoms with van der Waals surface area (Å²) < 4.78 is 2.09. The maximum absolute atomic E-state index is 13.7. The van der Waals surface area contributed by atoms with Gasteiger partial charge in [0.05, 0.1) is 16.7 Å². The number of nitrogens with zero attached hydrogens (tertiary/aromatic N) is 3. The molecule has 0 aliphatic heterocycles. The number of nitrogens with one attached hydrogen (secondary N) is 2. The van der Waals surface area contributed by atoms with Crippen LogP contribution in [0.5, 0.6) is 0 Å². The number of fused-ring (bicyclic) bond motifs is 1. The molecule has 0 saturated heterocycles. The lowest BCUT2D eigenvalue weighted by molar-refractivity contribution is -0.384. The molecule has 1 aliphatic rings. The van der Waals surface area contributed by atoms with Crippen molar-refractivity contribution in [1.29, 1.82) is 0 Å². The van der Waals surface area contributed by atoms with E-state index >= 15 is 0 Å². The summed E-state index contributed by atoms with van der Waals surface area (Å²) in [5.74, 6) is -0.586. The Labute approximate surface area is 235 Å². The van der Waals surface area contributed by atoms with Gasteiger partial charge in [0.25, 0.3) is 17.5 Å². The average molecular weight is 556 g/mol. The molecular weight excluding hydrogens is 526 g/mol. The van der Waals surface area contributed by atoms with E-state index in [0.29, 0.717) is 0 Å². The first-order valence-corrected chi connectivity index (χ1v) is 13.8. The van der Waals surface area contributed by atoms with Crippen LogP contribution in [0.4, 0.5) is 11.4 Å². The maximum atomic E-state index is 13.7. The van der Waals surface area contributed by atoms with Crippen molar-refractivity contribution in [2.24, 2.45) is 5.10 Å². The highest BCUT2D eigenvalue weighted by atomic mass is 32.1. The lowest BCUT2D eigenvalue weighted by atomic mass is 9.95. The van der Waals surface area contributed by atoms with Crippen molar-refractivity contribution in [1.82, 2.24) is 9.99 Å². The highest BCUT2D eigenvalue weighted by Gasteiger charge is 2.28. The lowest BCUT2D eigenvalue weighted by Crippen LogP contribution is -2.17. The van der Waals surface area contributed by atoms with Crippen molar-refractivity contribution in [3.63, 3.8) is 0 Å². The monoisotopic (exact) mass is 555 g/mol. The molecule has 10 heteroatoms. The van der Waals surface area contributed by atoms with Crippen molar-refractivity contribution in [2.45, 2.75) is 46.5 Å². The fourth-order valence-electron chi connectivity index (χ4n) is 4.96. The van der Waals surface area contributed by atoms with E-state index in [0.717, 1.165) is 70.0 Å². The Morgan fingerprint density at radius 2 is 1.70 bits per heavy atom. The maximum Gasteiger partial charge on any atom is 0.271 e. The average Bonchev–Trinajstić information content (AvgIpc) is 3.45. The standard InChI is InChI=1S/C30H29N5O4S/c1-18-8-12-23(13-9-18)32-29(37)27-25-6-4-5-7-26(25)40-30(27)34-19(2)16-22(20(34)3)17-31-33-28(36)21-10-14-24(15-11-21)35(38)39/h8-17H,4-7H2,1-3H3,(H,32,37)(H,33,36)/b31-17-. The molecule has 0 saturated carbocycles. The van der Waals surface area contributed by atoms with Crippen molar-refractivity contribution >= 4 is 40.7 Å². The quantitative estimate of drug-likeness (QED) is 0.159. The zero-order valence-corrected chi connectivity index (χ0v) is 23.3. The number of hydrogen-bond acceptors (Lipinski definition) is 6. The predicted molar refractivity (Wildman–Crippen MR) is 157 cm³/mol. The van der Waals surface area contributed by atoms with Gasteiger partial charge in [0.1, 0.15) is 5.00 Å². The predicted octanol–water partition coefficient (Wildman–Crippen LogP) is 6.27. The molecule has 40 heavy (non-hydrogen) atoms. The first-order valence-electron chi connectivity index (χ1n) is 13.0. The third kappa shape index (κ3) is 5.43. The fourth-order valence-corrected chi connectivity index (χ4v) is 6.46. The van der Waals surface area contributed by atoms with E-state index in [9.17, 15) is 19.7 Å². The number of non-ortho nitro benzene ring substituents is 1. The normalized spacial score (nSPS) is 12.8. The van der Waals surface area contributed by atoms with E-state index in [1.54, 1.807) is 17.6 Å². The number of aromatic nitrogens is 1. The van der Waals surface area contributed by atoms with Gasteiger partial charge in [-0.3, -0.25) is 19.7 Å². The molecule has 1 aliphatic carbocycles. The van der Waals surface area contributed by atoms with E-state index in [-0.39, 0.29) is 17.2 Å². The van der Waals surface area contributed by atoms with E-state index in [4.69, 9.17) is 0 Å². The Balaban J connectivity index is 1.42. The first kappa shape index (κ1) is 27.0. The summed E-state index contributed by atoms with van der Waals surface area (Å²) in [6, 6.07) is 15.1. The largest absolute Gasteiger partial charge is 0.322 e. The zero-order valence-electron chi connectivity index (χ0n) is 22.5. The second-order valence-corrected chi connectivity index (χ2v) is 11.0. The second-order valence-electron chi connectivity index (χ2n) is 9.88. The fraction of sp³-hybridized carbons (Fsp3) is 0.233. The Morgan fingerprint density at radius 1 is 1.00 bits per heavy atom. The van der Waals surface area contributed by atoms with Gasteiger partial charge in [-0.2, -0.15) is 5.10 Å². The number of rotatable bonds is 7. The molecule has 5 rings (SSSR count). The molecular formula is C30H29N5O4S. The number of hydrazone groups is 1. The molecule has 2 heterocycles. The number of aryl methyl sites for hydroxylation is 3. The molecule has 2 amide bonds. The molecule has 0 spiro atoms. The Hall–Kier alpha value is -4.57. The lowest BCUT2D eigenvalue weighted by Gasteiger charge is -2.14. The number of nitro groups is 1. The van der Waals surface area contributed by atoms with Crippen LogP contribution >= 0.6 is 11.3 Å². The summed E-state index contributed by atoms with van der Waals surface area (Å²) >= 11 is 1.67. The molecule has 204 valence electrons. The van der Waals surface area contributed by atoms with Gasteiger partial charge >= 0.3 is 0 Å². The van der Waals surface area contributed by atoms with Crippen LogP contribution in [0.1, 0.15) is 66.5 Å². The van der Waals surface area contributed by atoms with Gasteiger partial charge in [-0.15, -0.1) is 11.3 Å². The van der Waals surface area contributed by atoms with Crippen LogP contribution in [0, 0.1) is 30.9 Å². The van der Waals surface area contributed by atoms with Gasteiger partial charge in [0, 0.05) is 45.2 Å². The summed E-state index contributed by atoms with van der Waals surface area (Å²) in [4.78, 5) is 37.7. The minimum atomic E-state index is -0.517. The van der Waals surface area contributed by atoms with E-state index in [1.807, 2.05) is 51.1 Å². The van der Waals surface area contributed by atoms with E-state index in [1.165, 1.54) is 29.1 Å². The molecule has 2 N–H and O–H groups in total. The van der Waals surface area contributed by atoms with Crippen LogP contribution in [0.15, 0.2) is 59.7 Å². The van der Waals surface area contributed by atoms with Crippen LogP contribution in [0.3, 0.4) is 0 Å². The number of carbonyl (C=O) groups is 2. The zero-order chi connectivity index (χ0) is 28.4. The number of hydrogen-bond donors (Lipinski definition) is 2. The minimum absolute atomic E-state index is 0.0883. The van der Waals surface area contributed by atoms with Gasteiger partial charge < -0.3 is 9.88 Å². The second kappa shape index (κ2) is 11.3. The van der Waals surface area contributed by atoms with E-state index in [2.05, 4.69) is 20.4 Å². The number of amides is 2. The summed E-state index contributed by atoms with van der Waals surface area (Å²) in [6.45, 7) is 5.96. The van der Waals surface area contributed by atoms with Gasteiger partial charge in [-0.25, -0.2) is 5.43 Å². The number of carbonyl (C=O) groups excluding carboxylic acids is 2. The van der Waals surface area contributed by atoms with Gasteiger partial charge in [-0.05, 0) is 82.3 Å². The Bertz CT molecular complexity index is 1630. The van der Waals surface area contributed by atoms with Crippen LogP contribution in [0.2, 0.25) is 0 Å². The Kier molecular flexibility index (Phi) is 7.61. The van der Waals surface area contributed by atoms with Crippen molar-refractivity contribution in [3.05, 3.63) is 109 Å². The number of anilines is 1. The van der Waals surface area contributed by atoms with Gasteiger partial charge in [0.15, 0.2) is 0 Å². The summed E-state index contributed by atoms with van der Waals surface area (Å²) in [5.41, 5.74) is 9.05. The first-order chi connectivity index (χ1) is 19.2. The summed E-state index contributed by atoms with van der Waals surface area (Å²) in [7, 11) is 0.